The van der Waals surface area contributed by atoms with Gasteiger partial charge in [0.25, 0.3) is 0 Å². The Hall–Kier alpha value is -2.31. The van der Waals surface area contributed by atoms with Crippen molar-refractivity contribution in [3.05, 3.63) is 56.3 Å². The number of hydrogen-bond donors (Lipinski definition) is 1. The first-order chi connectivity index (χ1) is 14.6. The van der Waals surface area contributed by atoms with Gasteiger partial charge in [0, 0.05) is 22.9 Å². The third-order valence-electron chi connectivity index (χ3n) is 5.58. The molecule has 0 aromatic heterocycles. The molecule has 3 atom stereocenters. The molecule has 0 unspecified atom stereocenters. The first-order valence-corrected chi connectivity index (χ1v) is 10.8. The van der Waals surface area contributed by atoms with Crippen LogP contribution < -0.4 is 5.32 Å². The van der Waals surface area contributed by atoms with Crippen LogP contribution in [-0.2, 0) is 23.9 Å². The Balaban J connectivity index is 2.21. The first kappa shape index (κ1) is 23.4. The van der Waals surface area contributed by atoms with Gasteiger partial charge in [-0.1, -0.05) is 36.2 Å². The number of halogens is 2. The Bertz CT molecular complexity index is 1010. The van der Waals surface area contributed by atoms with Crippen molar-refractivity contribution in [1.29, 1.82) is 0 Å². The molecule has 1 aromatic carbocycles. The van der Waals surface area contributed by atoms with E-state index in [2.05, 4.69) is 5.32 Å². The summed E-state index contributed by atoms with van der Waals surface area (Å²) < 4.78 is 10.4. The van der Waals surface area contributed by atoms with E-state index in [0.29, 0.717) is 44.6 Å². The van der Waals surface area contributed by atoms with E-state index in [1.807, 2.05) is 6.92 Å². The summed E-state index contributed by atoms with van der Waals surface area (Å²) in [5.41, 5.74) is 2.56. The van der Waals surface area contributed by atoms with Crippen molar-refractivity contribution in [2.24, 2.45) is 11.8 Å². The van der Waals surface area contributed by atoms with Crippen LogP contribution in [0.3, 0.4) is 0 Å². The Morgan fingerprint density at radius 1 is 1.19 bits per heavy atom. The summed E-state index contributed by atoms with van der Waals surface area (Å²) in [5.74, 6) is -3.44. The van der Waals surface area contributed by atoms with Crippen molar-refractivity contribution in [2.75, 3.05) is 7.11 Å². The van der Waals surface area contributed by atoms with E-state index in [0.717, 1.165) is 0 Å². The molecule has 8 heteroatoms. The molecule has 1 N–H and O–H groups in total. The lowest BCUT2D eigenvalue weighted by Crippen LogP contribution is -2.43. The number of ketones is 1. The summed E-state index contributed by atoms with van der Waals surface area (Å²) in [6, 6.07) is 4.98. The molecule has 166 valence electrons. The molecule has 0 spiro atoms. The number of carbonyl (C=O) groups is 3. The topological polar surface area (TPSA) is 81.7 Å². The van der Waals surface area contributed by atoms with E-state index in [4.69, 9.17) is 32.7 Å². The van der Waals surface area contributed by atoms with Crippen LogP contribution in [-0.4, -0.2) is 30.9 Å². The van der Waals surface area contributed by atoms with Gasteiger partial charge in [-0.2, -0.15) is 0 Å². The van der Waals surface area contributed by atoms with Gasteiger partial charge in [0.2, 0.25) is 0 Å². The van der Waals surface area contributed by atoms with Crippen LogP contribution in [0.5, 0.6) is 0 Å². The van der Waals surface area contributed by atoms with E-state index >= 15 is 0 Å². The molecule has 2 aliphatic rings. The van der Waals surface area contributed by atoms with Crippen LogP contribution >= 0.6 is 23.2 Å². The fourth-order valence-corrected chi connectivity index (χ4v) is 4.56. The van der Waals surface area contributed by atoms with Gasteiger partial charge >= 0.3 is 11.9 Å². The van der Waals surface area contributed by atoms with E-state index in [9.17, 15) is 14.4 Å². The number of dihydropyridines is 1. The maximum atomic E-state index is 13.6. The second kappa shape index (κ2) is 9.05. The summed E-state index contributed by atoms with van der Waals surface area (Å²) >= 11 is 12.4. The smallest absolute Gasteiger partial charge is 0.337 e. The van der Waals surface area contributed by atoms with Crippen LogP contribution in [0.15, 0.2) is 40.7 Å². The Kier molecular flexibility index (Phi) is 6.82. The van der Waals surface area contributed by atoms with E-state index in [1.165, 1.54) is 7.11 Å². The molecule has 0 radical (unpaired) electrons. The summed E-state index contributed by atoms with van der Waals surface area (Å²) in [6.45, 7) is 7.11. The van der Waals surface area contributed by atoms with Crippen molar-refractivity contribution in [2.45, 2.75) is 46.1 Å². The largest absolute Gasteiger partial charge is 0.468 e. The minimum Gasteiger partial charge on any atom is -0.468 e. The highest BCUT2D eigenvalue weighted by Crippen LogP contribution is 2.46. The molecular formula is C23H25Cl2NO5. The zero-order valence-electron chi connectivity index (χ0n) is 18.0. The summed E-state index contributed by atoms with van der Waals surface area (Å²) in [5, 5.41) is 3.87. The van der Waals surface area contributed by atoms with Gasteiger partial charge in [0.05, 0.1) is 28.8 Å². The van der Waals surface area contributed by atoms with Gasteiger partial charge in [-0.25, -0.2) is 4.79 Å². The third kappa shape index (κ3) is 4.37. The van der Waals surface area contributed by atoms with Gasteiger partial charge in [0.15, 0.2) is 5.78 Å². The zero-order valence-corrected chi connectivity index (χ0v) is 19.6. The van der Waals surface area contributed by atoms with Crippen molar-refractivity contribution in [3.63, 3.8) is 0 Å². The Morgan fingerprint density at radius 2 is 1.87 bits per heavy atom. The fraction of sp³-hybridized carbons (Fsp3) is 0.435. The normalized spacial score (nSPS) is 23.5. The van der Waals surface area contributed by atoms with Crippen LogP contribution in [0.2, 0.25) is 10.0 Å². The van der Waals surface area contributed by atoms with Crippen molar-refractivity contribution < 1.29 is 23.9 Å². The molecule has 0 fully saturated rings. The molecule has 0 saturated heterocycles. The van der Waals surface area contributed by atoms with Crippen LogP contribution in [0.4, 0.5) is 0 Å². The number of esters is 2. The quantitative estimate of drug-likeness (QED) is 0.518. The van der Waals surface area contributed by atoms with Crippen molar-refractivity contribution in [1.82, 2.24) is 5.32 Å². The van der Waals surface area contributed by atoms with E-state index in [1.54, 1.807) is 39.0 Å². The van der Waals surface area contributed by atoms with Crippen LogP contribution in [0, 0.1) is 11.8 Å². The van der Waals surface area contributed by atoms with E-state index < -0.39 is 23.8 Å². The Labute approximate surface area is 191 Å². The minimum atomic E-state index is -0.948. The maximum Gasteiger partial charge on any atom is 0.337 e. The minimum absolute atomic E-state index is 0.252. The Morgan fingerprint density at radius 3 is 2.45 bits per heavy atom. The standard InChI is InChI=1S/C23H25Cl2NO5/c1-10(2)31-23(29)18-12(4)26-16-8-11(3)17(22(28)30-5)21(27)20(16)19(18)13-6-7-14(24)15(25)9-13/h6-7,9-11,17,19,26H,8H2,1-5H3/t11-,17+,19-/m1/s1. The average molecular weight is 466 g/mol. The second-order valence-corrected chi connectivity index (χ2v) is 8.98. The van der Waals surface area contributed by atoms with Gasteiger partial charge in [-0.15, -0.1) is 0 Å². The molecule has 1 aliphatic carbocycles. The highest BCUT2D eigenvalue weighted by molar-refractivity contribution is 6.42. The molecule has 1 aromatic rings. The lowest BCUT2D eigenvalue weighted by Gasteiger charge is -2.38. The molecule has 0 saturated carbocycles. The number of nitrogens with one attached hydrogen (secondary N) is 1. The maximum absolute atomic E-state index is 13.6. The lowest BCUT2D eigenvalue weighted by molar-refractivity contribution is -0.151. The third-order valence-corrected chi connectivity index (χ3v) is 6.32. The molecule has 6 nitrogen and oxygen atoms in total. The average Bonchev–Trinajstić information content (AvgIpc) is 2.68. The molecular weight excluding hydrogens is 441 g/mol. The summed E-state index contributed by atoms with van der Waals surface area (Å²) in [6.07, 6.45) is 0.116. The monoisotopic (exact) mass is 465 g/mol. The lowest BCUT2D eigenvalue weighted by atomic mass is 9.69. The molecule has 31 heavy (non-hydrogen) atoms. The number of allylic oxidation sites excluding steroid dienone is 3. The van der Waals surface area contributed by atoms with Gasteiger partial charge in [0.1, 0.15) is 5.92 Å². The van der Waals surface area contributed by atoms with Crippen molar-refractivity contribution >= 4 is 40.9 Å². The predicted octanol–water partition coefficient (Wildman–Crippen LogP) is 4.56. The summed E-state index contributed by atoms with van der Waals surface area (Å²) in [7, 11) is 1.26. The SMILES string of the molecule is COC(=O)[C@@H]1C(=O)C2=C(C[C@H]1C)NC(C)=C(C(=O)OC(C)C)[C@H]2c1ccc(Cl)c(Cl)c1. The number of carbonyl (C=O) groups excluding carboxylic acids is 3. The number of benzene rings is 1. The number of ether oxygens (including phenoxy) is 2. The van der Waals surface area contributed by atoms with Crippen LogP contribution in [0.1, 0.15) is 45.6 Å². The molecule has 3 rings (SSSR count). The van der Waals surface area contributed by atoms with Gasteiger partial charge < -0.3 is 14.8 Å². The molecule has 0 bridgehead atoms. The van der Waals surface area contributed by atoms with E-state index in [-0.39, 0.29) is 17.8 Å². The number of methoxy groups -OCH3 is 1. The molecule has 1 heterocycles. The zero-order chi connectivity index (χ0) is 23.0. The summed E-state index contributed by atoms with van der Waals surface area (Å²) in [4.78, 5) is 39.0. The van der Waals surface area contributed by atoms with Gasteiger partial charge in [-0.3, -0.25) is 9.59 Å². The molecule has 0 amide bonds. The molecule has 1 aliphatic heterocycles. The van der Waals surface area contributed by atoms with Gasteiger partial charge in [-0.05, 0) is 50.8 Å². The second-order valence-electron chi connectivity index (χ2n) is 8.16. The highest BCUT2D eigenvalue weighted by Gasteiger charge is 2.47. The fourth-order valence-electron chi connectivity index (χ4n) is 4.25. The number of hydrogen-bond acceptors (Lipinski definition) is 6. The van der Waals surface area contributed by atoms with Crippen molar-refractivity contribution in [3.8, 4) is 0 Å². The predicted molar refractivity (Wildman–Crippen MR) is 118 cm³/mol. The number of Topliss-reactive ketones (excluding diaryl/α,β-unsaturated/α-hetero) is 1. The number of rotatable bonds is 4. The first-order valence-electron chi connectivity index (χ1n) is 10.1. The highest BCUT2D eigenvalue weighted by atomic mass is 35.5. The van der Waals surface area contributed by atoms with Crippen LogP contribution in [0.25, 0.3) is 0 Å².